The molecule has 3 aromatic carbocycles. The molecule has 0 saturated carbocycles. The third-order valence-electron chi connectivity index (χ3n) is 7.38. The molecule has 1 aliphatic rings. The summed E-state index contributed by atoms with van der Waals surface area (Å²) in [7, 11) is 0. The molecule has 5 rings (SSSR count). The topological polar surface area (TPSA) is 109 Å². The normalized spacial score (nSPS) is 15.2. The molecule has 0 saturated heterocycles. The zero-order chi connectivity index (χ0) is 29.1. The van der Waals surface area contributed by atoms with Crippen LogP contribution in [0.2, 0.25) is 10.0 Å². The highest BCUT2D eigenvalue weighted by atomic mass is 35.5. The average molecular weight is 612 g/mol. The zero-order valence-corrected chi connectivity index (χ0v) is 24.5. The number of aliphatic carboxylic acids is 1. The maximum Gasteiger partial charge on any atom is 0.326 e. The van der Waals surface area contributed by atoms with Crippen molar-refractivity contribution in [2.75, 3.05) is 6.26 Å². The Morgan fingerprint density at radius 2 is 1.93 bits per heavy atom. The molecule has 10 heteroatoms. The number of nitrogens with one attached hydrogen (secondary N) is 2. The van der Waals surface area contributed by atoms with Crippen molar-refractivity contribution >= 4 is 63.7 Å². The zero-order valence-electron chi connectivity index (χ0n) is 22.2. The van der Waals surface area contributed by atoms with Crippen LogP contribution in [0.4, 0.5) is 0 Å². The lowest BCUT2D eigenvalue weighted by molar-refractivity contribution is -0.139. The van der Waals surface area contributed by atoms with Crippen molar-refractivity contribution in [3.05, 3.63) is 98.7 Å². The molecule has 212 valence electrons. The summed E-state index contributed by atoms with van der Waals surface area (Å²) in [6, 6.07) is 15.7. The number of hydrogen-bond donors (Lipinski definition) is 3. The third-order valence-corrected chi connectivity index (χ3v) is 8.82. The van der Waals surface area contributed by atoms with Gasteiger partial charge >= 0.3 is 5.97 Å². The minimum atomic E-state index is -1.16. The number of thioether (sulfide) groups is 1. The van der Waals surface area contributed by atoms with E-state index in [1.165, 1.54) is 0 Å². The summed E-state index contributed by atoms with van der Waals surface area (Å²) < 4.78 is 5.44. The van der Waals surface area contributed by atoms with Crippen LogP contribution in [0.15, 0.2) is 70.2 Å². The van der Waals surface area contributed by atoms with Crippen LogP contribution in [0.1, 0.15) is 39.0 Å². The van der Waals surface area contributed by atoms with Gasteiger partial charge < -0.3 is 20.2 Å². The molecular formula is C31H28Cl2N2O5S. The molecule has 0 spiro atoms. The maximum atomic E-state index is 13.2. The Hall–Kier alpha value is -3.46. The number of amides is 2. The molecule has 4 aromatic rings. The first-order valence-electron chi connectivity index (χ1n) is 13.1. The van der Waals surface area contributed by atoms with Gasteiger partial charge in [0, 0.05) is 29.2 Å². The van der Waals surface area contributed by atoms with Gasteiger partial charge in [-0.05, 0) is 78.1 Å². The Labute approximate surface area is 251 Å². The van der Waals surface area contributed by atoms with Crippen LogP contribution in [0, 0.1) is 5.92 Å². The number of carboxylic acid groups (broad SMARTS) is 1. The lowest BCUT2D eigenvalue weighted by Gasteiger charge is -2.26. The number of carbonyl (C=O) groups excluding carboxylic acids is 2. The van der Waals surface area contributed by atoms with Crippen LogP contribution in [0.5, 0.6) is 0 Å². The van der Waals surface area contributed by atoms with Crippen molar-refractivity contribution in [1.82, 2.24) is 10.6 Å². The first-order valence-corrected chi connectivity index (χ1v) is 15.1. The van der Waals surface area contributed by atoms with Crippen molar-refractivity contribution in [2.45, 2.75) is 43.2 Å². The summed E-state index contributed by atoms with van der Waals surface area (Å²) in [5.74, 6) is -2.14. The van der Waals surface area contributed by atoms with Crippen LogP contribution < -0.4 is 10.6 Å². The molecule has 2 amide bonds. The highest BCUT2D eigenvalue weighted by Crippen LogP contribution is 2.37. The molecule has 1 aromatic heterocycles. The fourth-order valence-corrected chi connectivity index (χ4v) is 6.44. The molecule has 0 bridgehead atoms. The SMILES string of the molecule is CSc1cccc(C[C@H](NC(=O)c2c(Cl)cc3c(c2Cl)CCC(C(=O)NCc2ccc4ccoc4c2)C3)C(=O)O)c1. The Bertz CT molecular complexity index is 1640. The minimum Gasteiger partial charge on any atom is -0.480 e. The van der Waals surface area contributed by atoms with Gasteiger partial charge in [-0.15, -0.1) is 11.8 Å². The minimum absolute atomic E-state index is 0.0485. The van der Waals surface area contributed by atoms with E-state index >= 15 is 0 Å². The van der Waals surface area contributed by atoms with Crippen LogP contribution in [-0.2, 0) is 35.4 Å². The Morgan fingerprint density at radius 3 is 2.71 bits per heavy atom. The van der Waals surface area contributed by atoms with Gasteiger partial charge in [-0.2, -0.15) is 0 Å². The number of furan rings is 1. The largest absolute Gasteiger partial charge is 0.480 e. The summed E-state index contributed by atoms with van der Waals surface area (Å²) in [6.07, 6.45) is 5.17. The molecule has 0 aliphatic heterocycles. The van der Waals surface area contributed by atoms with E-state index in [0.717, 1.165) is 38.1 Å². The van der Waals surface area contributed by atoms with Gasteiger partial charge in [-0.3, -0.25) is 9.59 Å². The number of carboxylic acids is 1. The van der Waals surface area contributed by atoms with E-state index in [1.807, 2.05) is 54.8 Å². The second-order valence-electron chi connectivity index (χ2n) is 10.1. The molecule has 0 radical (unpaired) electrons. The van der Waals surface area contributed by atoms with Gasteiger partial charge in [0.15, 0.2) is 0 Å². The number of halogens is 2. The van der Waals surface area contributed by atoms with Crippen LogP contribution >= 0.6 is 35.0 Å². The second kappa shape index (κ2) is 12.6. The number of rotatable bonds is 9. The van der Waals surface area contributed by atoms with Gasteiger partial charge in [-0.25, -0.2) is 4.79 Å². The molecule has 41 heavy (non-hydrogen) atoms. The van der Waals surface area contributed by atoms with E-state index in [-0.39, 0.29) is 33.9 Å². The van der Waals surface area contributed by atoms with E-state index in [4.69, 9.17) is 27.6 Å². The fraction of sp³-hybridized carbons (Fsp3) is 0.258. The van der Waals surface area contributed by atoms with Gasteiger partial charge in [0.1, 0.15) is 11.6 Å². The van der Waals surface area contributed by atoms with E-state index in [0.29, 0.717) is 25.8 Å². The van der Waals surface area contributed by atoms with E-state index in [1.54, 1.807) is 24.1 Å². The van der Waals surface area contributed by atoms with Crippen LogP contribution in [0.3, 0.4) is 0 Å². The molecular weight excluding hydrogens is 583 g/mol. The molecule has 2 atom stereocenters. The number of benzene rings is 3. The first kappa shape index (κ1) is 29.0. The van der Waals surface area contributed by atoms with Crippen LogP contribution in [0.25, 0.3) is 11.0 Å². The predicted octanol–water partition coefficient (Wildman–Crippen LogP) is 6.31. The molecule has 1 aliphatic carbocycles. The number of carbonyl (C=O) groups is 3. The highest BCUT2D eigenvalue weighted by Gasteiger charge is 2.31. The molecule has 0 fully saturated rings. The van der Waals surface area contributed by atoms with Crippen molar-refractivity contribution < 1.29 is 23.9 Å². The van der Waals surface area contributed by atoms with Gasteiger partial charge in [0.05, 0.1) is 21.9 Å². The Balaban J connectivity index is 1.26. The lowest BCUT2D eigenvalue weighted by Crippen LogP contribution is -2.42. The van der Waals surface area contributed by atoms with E-state index in [9.17, 15) is 19.5 Å². The summed E-state index contributed by atoms with van der Waals surface area (Å²) in [4.78, 5) is 39.2. The molecule has 7 nitrogen and oxygen atoms in total. The van der Waals surface area contributed by atoms with Gasteiger partial charge in [0.25, 0.3) is 5.91 Å². The summed E-state index contributed by atoms with van der Waals surface area (Å²) >= 11 is 14.8. The van der Waals surface area contributed by atoms with Crippen molar-refractivity contribution in [3.8, 4) is 0 Å². The van der Waals surface area contributed by atoms with Crippen LogP contribution in [-0.4, -0.2) is 35.2 Å². The second-order valence-corrected chi connectivity index (χ2v) is 11.7. The van der Waals surface area contributed by atoms with Gasteiger partial charge in [-0.1, -0.05) is 47.5 Å². The number of hydrogen-bond acceptors (Lipinski definition) is 5. The van der Waals surface area contributed by atoms with E-state index in [2.05, 4.69) is 10.6 Å². The van der Waals surface area contributed by atoms with Crippen molar-refractivity contribution in [1.29, 1.82) is 0 Å². The van der Waals surface area contributed by atoms with E-state index < -0.39 is 17.9 Å². The highest BCUT2D eigenvalue weighted by molar-refractivity contribution is 7.98. The van der Waals surface area contributed by atoms with Gasteiger partial charge in [0.2, 0.25) is 5.91 Å². The molecule has 3 N–H and O–H groups in total. The molecule has 1 unspecified atom stereocenters. The fourth-order valence-electron chi connectivity index (χ4n) is 5.19. The lowest BCUT2D eigenvalue weighted by atomic mass is 9.82. The number of fused-ring (bicyclic) bond motifs is 2. The smallest absolute Gasteiger partial charge is 0.326 e. The summed E-state index contributed by atoms with van der Waals surface area (Å²) in [5, 5.41) is 16.7. The first-order chi connectivity index (χ1) is 19.7. The Kier molecular flexibility index (Phi) is 8.92. The Morgan fingerprint density at radius 1 is 1.10 bits per heavy atom. The monoisotopic (exact) mass is 610 g/mol. The van der Waals surface area contributed by atoms with Crippen molar-refractivity contribution in [2.24, 2.45) is 5.92 Å². The quantitative estimate of drug-likeness (QED) is 0.192. The average Bonchev–Trinajstić information content (AvgIpc) is 3.43. The molecule has 1 heterocycles. The summed E-state index contributed by atoms with van der Waals surface area (Å²) in [5.41, 5.74) is 4.12. The maximum absolute atomic E-state index is 13.2. The third kappa shape index (κ3) is 6.56. The predicted molar refractivity (Wildman–Crippen MR) is 161 cm³/mol. The standard InChI is InChI=1S/C31H28Cl2N2O5S/c1-41-22-4-2-3-17(11-22)12-25(31(38)39)35-30(37)27-24(32)15-21-14-20(7-8-23(21)28(27)33)29(36)34-16-18-5-6-19-9-10-40-26(19)13-18/h2-6,9-11,13,15,20,25H,7-8,12,14,16H2,1H3,(H,34,36)(H,35,37)(H,38,39)/t20?,25-/m0/s1. The van der Waals surface area contributed by atoms with Crippen molar-refractivity contribution in [3.63, 3.8) is 0 Å². The summed E-state index contributed by atoms with van der Waals surface area (Å²) in [6.45, 7) is 0.381.